The number of hydrogen-bond donors (Lipinski definition) is 1. The number of hydrogen-bond acceptors (Lipinski definition) is 4. The smallest absolute Gasteiger partial charge is 0.329 e. The Morgan fingerprint density at radius 1 is 1.48 bits per heavy atom. The van der Waals surface area contributed by atoms with Crippen molar-refractivity contribution in [2.75, 3.05) is 6.54 Å². The molecule has 1 N–H and O–H groups in total. The molecule has 21 heavy (non-hydrogen) atoms. The highest BCUT2D eigenvalue weighted by Gasteiger charge is 2.49. The normalized spacial score (nSPS) is 21.5. The number of amides is 1. The van der Waals surface area contributed by atoms with Gasteiger partial charge in [0.25, 0.3) is 5.91 Å². The fraction of sp³-hybridized carbons (Fsp3) is 0.538. The molecule has 1 atom stereocenters. The lowest BCUT2D eigenvalue weighted by Gasteiger charge is -2.33. The summed E-state index contributed by atoms with van der Waals surface area (Å²) >= 11 is 0. The maximum absolute atomic E-state index is 12.6. The average molecular weight is 295 g/mol. The Labute approximate surface area is 121 Å². The number of likely N-dealkylation sites (tertiary alicyclic amines) is 1. The molecule has 2 heterocycles. The van der Waals surface area contributed by atoms with Gasteiger partial charge in [-0.05, 0) is 30.3 Å². The summed E-state index contributed by atoms with van der Waals surface area (Å²) in [6.07, 6.45) is 1.32. The van der Waals surface area contributed by atoms with Gasteiger partial charge in [0.05, 0.1) is 7.05 Å². The molecule has 0 bridgehead atoms. The zero-order valence-corrected chi connectivity index (χ0v) is 11.9. The van der Waals surface area contributed by atoms with E-state index in [0.717, 1.165) is 0 Å². The lowest BCUT2D eigenvalue weighted by Crippen LogP contribution is -2.53. The molecule has 1 fully saturated rings. The summed E-state index contributed by atoms with van der Waals surface area (Å²) in [6.45, 7) is 2.07. The van der Waals surface area contributed by atoms with Gasteiger partial charge in [-0.15, -0.1) is 0 Å². The number of nitro groups is 1. The molecule has 1 saturated heterocycles. The minimum atomic E-state index is -1.21. The lowest BCUT2D eigenvalue weighted by atomic mass is 9.93. The van der Waals surface area contributed by atoms with Crippen molar-refractivity contribution in [2.45, 2.75) is 31.7 Å². The van der Waals surface area contributed by atoms with Crippen LogP contribution >= 0.6 is 0 Å². The first-order chi connectivity index (χ1) is 9.85. The Morgan fingerprint density at radius 2 is 2.14 bits per heavy atom. The van der Waals surface area contributed by atoms with E-state index in [-0.39, 0.29) is 11.5 Å². The summed E-state index contributed by atoms with van der Waals surface area (Å²) in [4.78, 5) is 35.8. The highest BCUT2D eigenvalue weighted by atomic mass is 16.6. The number of rotatable bonds is 4. The van der Waals surface area contributed by atoms with Gasteiger partial charge in [0.15, 0.2) is 5.69 Å². The van der Waals surface area contributed by atoms with Gasteiger partial charge in [-0.2, -0.15) is 0 Å². The van der Waals surface area contributed by atoms with Gasteiger partial charge in [0.2, 0.25) is 0 Å². The van der Waals surface area contributed by atoms with Crippen molar-refractivity contribution < 1.29 is 19.6 Å². The maximum Gasteiger partial charge on any atom is 0.329 e. The summed E-state index contributed by atoms with van der Waals surface area (Å²) in [5.41, 5.74) is -1.08. The molecule has 1 aliphatic heterocycles. The second kappa shape index (κ2) is 5.19. The van der Waals surface area contributed by atoms with Crippen LogP contribution in [-0.4, -0.2) is 43.5 Å². The van der Waals surface area contributed by atoms with Crippen molar-refractivity contribution in [3.63, 3.8) is 0 Å². The third-order valence-electron chi connectivity index (χ3n) is 4.22. The van der Waals surface area contributed by atoms with Crippen LogP contribution in [0.2, 0.25) is 0 Å². The highest BCUT2D eigenvalue weighted by molar-refractivity contribution is 5.97. The molecule has 8 nitrogen and oxygen atoms in total. The molecule has 1 amide bonds. The zero-order chi connectivity index (χ0) is 15.8. The van der Waals surface area contributed by atoms with Crippen molar-refractivity contribution in [3.05, 3.63) is 27.9 Å². The summed E-state index contributed by atoms with van der Waals surface area (Å²) in [5.74, 6) is -1.71. The number of carboxylic acid groups (broad SMARTS) is 1. The molecule has 0 spiro atoms. The molecule has 1 unspecified atom stereocenters. The summed E-state index contributed by atoms with van der Waals surface area (Å²) in [7, 11) is 1.43. The van der Waals surface area contributed by atoms with Gasteiger partial charge < -0.3 is 20.1 Å². The number of carbonyl (C=O) groups excluding carboxylic acids is 1. The summed E-state index contributed by atoms with van der Waals surface area (Å²) < 4.78 is 1.18. The van der Waals surface area contributed by atoms with Gasteiger partial charge in [-0.3, -0.25) is 4.79 Å². The molecule has 2 rings (SSSR count). The van der Waals surface area contributed by atoms with Gasteiger partial charge in [0.1, 0.15) is 5.54 Å². The molecular formula is C13H17N3O5. The molecule has 0 aromatic carbocycles. The van der Waals surface area contributed by atoms with E-state index in [1.165, 1.54) is 28.6 Å². The van der Waals surface area contributed by atoms with Crippen LogP contribution < -0.4 is 0 Å². The highest BCUT2D eigenvalue weighted by Crippen LogP contribution is 2.34. The molecule has 1 aromatic heterocycles. The number of carbonyl (C=O) groups is 2. The SMILES string of the molecule is CCC1(C(=O)O)CCCN1C(=O)c1ccc([N+](=O)[O-])n1C. The largest absolute Gasteiger partial charge is 0.479 e. The first-order valence-corrected chi connectivity index (χ1v) is 6.70. The third-order valence-corrected chi connectivity index (χ3v) is 4.22. The Bertz CT molecular complexity index is 609. The predicted molar refractivity (Wildman–Crippen MR) is 73.0 cm³/mol. The average Bonchev–Trinajstić information content (AvgIpc) is 3.01. The van der Waals surface area contributed by atoms with Crippen LogP contribution in [-0.2, 0) is 11.8 Å². The van der Waals surface area contributed by atoms with E-state index in [0.29, 0.717) is 25.8 Å². The second-order valence-corrected chi connectivity index (χ2v) is 5.14. The topological polar surface area (TPSA) is 106 Å². The Kier molecular flexibility index (Phi) is 3.71. The van der Waals surface area contributed by atoms with Crippen LogP contribution in [0.1, 0.15) is 36.7 Å². The number of aliphatic carboxylic acids is 1. The molecule has 114 valence electrons. The van der Waals surface area contributed by atoms with Crippen molar-refractivity contribution in [1.29, 1.82) is 0 Å². The minimum absolute atomic E-state index is 0.127. The molecule has 1 aliphatic rings. The van der Waals surface area contributed by atoms with Crippen LogP contribution in [0.3, 0.4) is 0 Å². The van der Waals surface area contributed by atoms with Crippen LogP contribution in [0.15, 0.2) is 12.1 Å². The van der Waals surface area contributed by atoms with Crippen LogP contribution in [0.25, 0.3) is 0 Å². The van der Waals surface area contributed by atoms with E-state index in [1.807, 2.05) is 0 Å². The Balaban J connectivity index is 2.40. The van der Waals surface area contributed by atoms with Crippen molar-refractivity contribution in [1.82, 2.24) is 9.47 Å². The van der Waals surface area contributed by atoms with E-state index >= 15 is 0 Å². The van der Waals surface area contributed by atoms with Crippen molar-refractivity contribution in [3.8, 4) is 0 Å². The molecule has 0 aliphatic carbocycles. The number of aromatic nitrogens is 1. The quantitative estimate of drug-likeness (QED) is 0.667. The Morgan fingerprint density at radius 3 is 2.62 bits per heavy atom. The third kappa shape index (κ3) is 2.16. The van der Waals surface area contributed by atoms with E-state index in [4.69, 9.17) is 0 Å². The van der Waals surface area contributed by atoms with Gasteiger partial charge in [-0.1, -0.05) is 6.92 Å². The van der Waals surface area contributed by atoms with Crippen LogP contribution in [0, 0.1) is 10.1 Å². The van der Waals surface area contributed by atoms with E-state index < -0.39 is 22.3 Å². The molecular weight excluding hydrogens is 278 g/mol. The fourth-order valence-electron chi connectivity index (χ4n) is 2.95. The van der Waals surface area contributed by atoms with Crippen LogP contribution in [0.4, 0.5) is 5.82 Å². The molecule has 0 saturated carbocycles. The van der Waals surface area contributed by atoms with Gasteiger partial charge in [-0.25, -0.2) is 9.36 Å². The number of carboxylic acids is 1. The maximum atomic E-state index is 12.6. The van der Waals surface area contributed by atoms with Crippen molar-refractivity contribution in [2.24, 2.45) is 7.05 Å². The minimum Gasteiger partial charge on any atom is -0.479 e. The van der Waals surface area contributed by atoms with E-state index in [9.17, 15) is 24.8 Å². The molecule has 1 aromatic rings. The lowest BCUT2D eigenvalue weighted by molar-refractivity contribution is -0.391. The predicted octanol–water partition coefficient (Wildman–Crippen LogP) is 1.40. The first kappa shape index (κ1) is 15.0. The summed E-state index contributed by atoms with van der Waals surface area (Å²) in [5, 5.41) is 20.3. The monoisotopic (exact) mass is 295 g/mol. The Hall–Kier alpha value is -2.38. The van der Waals surface area contributed by atoms with Crippen LogP contribution in [0.5, 0.6) is 0 Å². The fourth-order valence-corrected chi connectivity index (χ4v) is 2.95. The van der Waals surface area contributed by atoms with Gasteiger partial charge in [0, 0.05) is 12.6 Å². The molecule has 0 radical (unpaired) electrons. The first-order valence-electron chi connectivity index (χ1n) is 6.70. The van der Waals surface area contributed by atoms with E-state index in [1.54, 1.807) is 6.92 Å². The zero-order valence-electron chi connectivity index (χ0n) is 11.9. The summed E-state index contributed by atoms with van der Waals surface area (Å²) in [6, 6.07) is 2.61. The molecule has 8 heteroatoms. The van der Waals surface area contributed by atoms with Crippen molar-refractivity contribution >= 4 is 17.7 Å². The standard InChI is InChI=1S/C13H17N3O5/c1-3-13(12(18)19)7-4-8-15(13)11(17)9-5-6-10(14(9)2)16(20)21/h5-6H,3-4,7-8H2,1-2H3,(H,18,19). The second-order valence-electron chi connectivity index (χ2n) is 5.14. The van der Waals surface area contributed by atoms with Gasteiger partial charge >= 0.3 is 11.8 Å². The van der Waals surface area contributed by atoms with E-state index in [2.05, 4.69) is 0 Å². The number of nitrogens with zero attached hydrogens (tertiary/aromatic N) is 3.